The molecule has 0 spiro atoms. The van der Waals surface area contributed by atoms with Gasteiger partial charge < -0.3 is 9.30 Å². The van der Waals surface area contributed by atoms with Gasteiger partial charge in [0.15, 0.2) is 0 Å². The second kappa shape index (κ2) is 10.4. The lowest BCUT2D eigenvalue weighted by molar-refractivity contribution is 0.487. The quantitative estimate of drug-likeness (QED) is 0.188. The lowest BCUT2D eigenvalue weighted by Crippen LogP contribution is -1.97. The predicted octanol–water partition coefficient (Wildman–Crippen LogP) is 13.3. The largest absolute Gasteiger partial charge is 0.456 e. The minimum absolute atomic E-state index is 0.910. The molecule has 2 nitrogen and oxygen atoms in total. The zero-order valence-corrected chi connectivity index (χ0v) is 27.1. The Bertz CT molecular complexity index is 2910. The fourth-order valence-electron chi connectivity index (χ4n) is 8.17. The maximum Gasteiger partial charge on any atom is 0.135 e. The van der Waals surface area contributed by atoms with Gasteiger partial charge in [0.05, 0.1) is 11.0 Å². The molecule has 2 heteroatoms. The van der Waals surface area contributed by atoms with Crippen LogP contribution in [0.5, 0.6) is 11.5 Å². The van der Waals surface area contributed by atoms with E-state index in [1.807, 2.05) is 12.1 Å². The first-order valence-electron chi connectivity index (χ1n) is 17.2. The van der Waals surface area contributed by atoms with Crippen LogP contribution >= 0.6 is 0 Å². The van der Waals surface area contributed by atoms with E-state index in [-0.39, 0.29) is 0 Å². The van der Waals surface area contributed by atoms with E-state index >= 15 is 0 Å². The summed E-state index contributed by atoms with van der Waals surface area (Å²) in [5.41, 5.74) is 10.7. The van der Waals surface area contributed by atoms with E-state index in [0.717, 1.165) is 22.7 Å². The van der Waals surface area contributed by atoms with E-state index in [2.05, 4.69) is 168 Å². The van der Waals surface area contributed by atoms with E-state index in [9.17, 15) is 0 Å². The van der Waals surface area contributed by atoms with Crippen molar-refractivity contribution < 1.29 is 4.74 Å². The Balaban J connectivity index is 1.04. The van der Waals surface area contributed by atoms with Crippen molar-refractivity contribution in [3.8, 4) is 50.6 Å². The third kappa shape index (κ3) is 4.03. The van der Waals surface area contributed by atoms with Crippen molar-refractivity contribution in [1.29, 1.82) is 0 Å². The topological polar surface area (TPSA) is 14.2 Å². The third-order valence-corrected chi connectivity index (χ3v) is 10.5. The molecule has 1 aliphatic rings. The summed E-state index contributed by atoms with van der Waals surface area (Å²) in [5, 5.41) is 9.94. The smallest absolute Gasteiger partial charge is 0.135 e. The third-order valence-electron chi connectivity index (χ3n) is 10.5. The number of rotatable bonds is 3. The molecule has 0 aliphatic carbocycles. The van der Waals surface area contributed by atoms with Crippen molar-refractivity contribution in [2.24, 2.45) is 0 Å². The predicted molar refractivity (Wildman–Crippen MR) is 210 cm³/mol. The molecule has 0 atom stereocenters. The van der Waals surface area contributed by atoms with Gasteiger partial charge in [-0.3, -0.25) is 0 Å². The van der Waals surface area contributed by atoms with Gasteiger partial charge in [0.2, 0.25) is 0 Å². The molecule has 0 saturated carbocycles. The van der Waals surface area contributed by atoms with Crippen molar-refractivity contribution in [3.05, 3.63) is 176 Å². The summed E-state index contributed by atoms with van der Waals surface area (Å²) in [6.45, 7) is 0. The van der Waals surface area contributed by atoms with Gasteiger partial charge >= 0.3 is 0 Å². The second-order valence-corrected chi connectivity index (χ2v) is 13.3. The molecule has 0 unspecified atom stereocenters. The maximum atomic E-state index is 6.37. The maximum absolute atomic E-state index is 6.37. The van der Waals surface area contributed by atoms with Crippen molar-refractivity contribution in [3.63, 3.8) is 0 Å². The number of benzene rings is 9. The molecule has 0 radical (unpaired) electrons. The lowest BCUT2D eigenvalue weighted by atomic mass is 9.90. The molecule has 1 aromatic heterocycles. The molecular weight excluding hydrogens is 607 g/mol. The van der Waals surface area contributed by atoms with Crippen LogP contribution in [-0.4, -0.2) is 4.57 Å². The molecule has 232 valence electrons. The Morgan fingerprint density at radius 1 is 0.340 bits per heavy atom. The molecule has 10 aromatic rings. The Kier molecular flexibility index (Phi) is 5.70. The zero-order valence-electron chi connectivity index (χ0n) is 27.1. The molecule has 1 aliphatic heterocycles. The van der Waals surface area contributed by atoms with Crippen molar-refractivity contribution >= 4 is 54.1 Å². The number of aromatic nitrogens is 1. The number of hydrogen-bond donors (Lipinski definition) is 0. The van der Waals surface area contributed by atoms with Crippen molar-refractivity contribution in [2.75, 3.05) is 0 Å². The summed E-state index contributed by atoms with van der Waals surface area (Å²) in [6.07, 6.45) is 0. The van der Waals surface area contributed by atoms with Gasteiger partial charge in [0, 0.05) is 27.4 Å². The average molecular weight is 636 g/mol. The van der Waals surface area contributed by atoms with E-state index in [1.54, 1.807) is 0 Å². The summed E-state index contributed by atoms with van der Waals surface area (Å²) in [6, 6.07) is 63.9. The minimum Gasteiger partial charge on any atom is -0.456 e. The Labute approximate surface area is 289 Å². The van der Waals surface area contributed by atoms with Crippen LogP contribution in [0.1, 0.15) is 0 Å². The van der Waals surface area contributed by atoms with Crippen molar-refractivity contribution in [1.82, 2.24) is 4.57 Å². The van der Waals surface area contributed by atoms with E-state index in [4.69, 9.17) is 4.74 Å². The highest BCUT2D eigenvalue weighted by Gasteiger charge is 2.21. The lowest BCUT2D eigenvalue weighted by Gasteiger charge is -2.22. The van der Waals surface area contributed by atoms with Crippen molar-refractivity contribution in [2.45, 2.75) is 0 Å². The highest BCUT2D eigenvalue weighted by Crippen LogP contribution is 2.48. The minimum atomic E-state index is 0.910. The Morgan fingerprint density at radius 3 is 1.66 bits per heavy atom. The SMILES string of the molecule is c1cc(-c2ccc(-n3c4cc5ccccc5cc4c4cc5ccccc5cc43)cc2)cc(-c2ccc3c4c(cccc24)-c2ccccc2O3)c1. The number of para-hydroxylation sites is 1. The van der Waals surface area contributed by atoms with Gasteiger partial charge in [-0.2, -0.15) is 0 Å². The van der Waals surface area contributed by atoms with Crippen LogP contribution in [0.3, 0.4) is 0 Å². The highest BCUT2D eigenvalue weighted by atomic mass is 16.5. The van der Waals surface area contributed by atoms with E-state index in [0.29, 0.717) is 0 Å². The first-order valence-corrected chi connectivity index (χ1v) is 17.2. The van der Waals surface area contributed by atoms with E-state index in [1.165, 1.54) is 81.9 Å². The number of ether oxygens (including phenoxy) is 1. The van der Waals surface area contributed by atoms with Crippen LogP contribution in [0.2, 0.25) is 0 Å². The standard InChI is InChI=1S/C48H29NO/c1-3-11-34-28-44-42(26-32(34)9-1)43-27-33-10-2-4-12-35(33)29-45(43)49(44)37-21-19-30(20-22-37)31-13-7-14-36(25-31)38-23-24-47-48-40(38)16-8-17-41(48)39-15-5-6-18-46(39)50-47/h1-29H. The first-order chi connectivity index (χ1) is 24.8. The van der Waals surface area contributed by atoms with Crippen LogP contribution in [0.15, 0.2) is 176 Å². The van der Waals surface area contributed by atoms with Crippen LogP contribution < -0.4 is 4.74 Å². The van der Waals surface area contributed by atoms with Gasteiger partial charge in [0.25, 0.3) is 0 Å². The summed E-state index contributed by atoms with van der Waals surface area (Å²) in [5.74, 6) is 1.82. The van der Waals surface area contributed by atoms with Crippen LogP contribution in [0.4, 0.5) is 0 Å². The summed E-state index contributed by atoms with van der Waals surface area (Å²) in [7, 11) is 0. The summed E-state index contributed by atoms with van der Waals surface area (Å²) >= 11 is 0. The number of nitrogens with zero attached hydrogens (tertiary/aromatic N) is 1. The van der Waals surface area contributed by atoms with E-state index < -0.39 is 0 Å². The van der Waals surface area contributed by atoms with Gasteiger partial charge in [-0.25, -0.2) is 0 Å². The molecule has 50 heavy (non-hydrogen) atoms. The molecule has 2 heterocycles. The Hall–Kier alpha value is -6.64. The molecule has 0 N–H and O–H groups in total. The molecular formula is C48H29NO. The van der Waals surface area contributed by atoms with Gasteiger partial charge in [0.1, 0.15) is 11.5 Å². The van der Waals surface area contributed by atoms with Gasteiger partial charge in [-0.05, 0) is 109 Å². The first kappa shape index (κ1) is 27.3. The highest BCUT2D eigenvalue weighted by molar-refractivity contribution is 6.17. The fraction of sp³-hybridized carbons (Fsp3) is 0. The zero-order chi connectivity index (χ0) is 32.8. The van der Waals surface area contributed by atoms with Crippen LogP contribution in [0.25, 0.3) is 93.2 Å². The molecule has 0 amide bonds. The normalized spacial score (nSPS) is 12.2. The molecule has 11 rings (SSSR count). The van der Waals surface area contributed by atoms with Gasteiger partial charge in [-0.1, -0.05) is 121 Å². The van der Waals surface area contributed by atoms with Crippen LogP contribution in [-0.2, 0) is 0 Å². The summed E-state index contributed by atoms with van der Waals surface area (Å²) in [4.78, 5) is 0. The molecule has 0 fully saturated rings. The average Bonchev–Trinajstić information content (AvgIpc) is 3.48. The second-order valence-electron chi connectivity index (χ2n) is 13.3. The van der Waals surface area contributed by atoms with Crippen LogP contribution in [0, 0.1) is 0 Å². The number of hydrogen-bond acceptors (Lipinski definition) is 1. The summed E-state index contributed by atoms with van der Waals surface area (Å²) < 4.78 is 8.80. The Morgan fingerprint density at radius 2 is 0.940 bits per heavy atom. The molecule has 9 aromatic carbocycles. The molecule has 0 saturated heterocycles. The van der Waals surface area contributed by atoms with Gasteiger partial charge in [-0.15, -0.1) is 0 Å². The number of fused-ring (bicyclic) bond motifs is 7. The monoisotopic (exact) mass is 635 g/mol. The fourth-order valence-corrected chi connectivity index (χ4v) is 8.17. The molecule has 0 bridgehead atoms.